The van der Waals surface area contributed by atoms with Gasteiger partial charge in [0, 0.05) is 137 Å². The zero-order chi connectivity index (χ0) is 104. The van der Waals surface area contributed by atoms with Crippen molar-refractivity contribution in [1.29, 1.82) is 0 Å². The number of hydrogen-bond donors (Lipinski definition) is 5. The summed E-state index contributed by atoms with van der Waals surface area (Å²) in [5.74, 6) is -3.58. The monoisotopic (exact) mass is 1850 g/mol. The van der Waals surface area contributed by atoms with Crippen molar-refractivity contribution < 1.29 is 126 Å². The highest BCUT2D eigenvalue weighted by atomic mass is 16.5. The average Bonchev–Trinajstić information content (AvgIpc) is 0.823. The van der Waals surface area contributed by atoms with E-state index in [0.717, 1.165) is 27.8 Å². The minimum absolute atomic E-state index is 0.00444. The van der Waals surface area contributed by atoms with E-state index in [2.05, 4.69) is 0 Å². The van der Waals surface area contributed by atoms with E-state index in [1.807, 2.05) is 131 Å². The third-order valence-electron chi connectivity index (χ3n) is 18.9. The fourth-order valence-electron chi connectivity index (χ4n) is 10.7. The molecule has 0 saturated carbocycles. The summed E-state index contributed by atoms with van der Waals surface area (Å²) in [6.45, 7) is 51.0. The molecule has 134 heavy (non-hydrogen) atoms. The van der Waals surface area contributed by atoms with Crippen LogP contribution in [0.3, 0.4) is 0 Å². The number of phenolic OH excluding ortho intramolecular Hbond substituents is 3. The topological polar surface area (TPSA) is 436 Å². The summed E-state index contributed by atoms with van der Waals surface area (Å²) < 4.78 is 15.2. The van der Waals surface area contributed by atoms with Crippen LogP contribution in [0.25, 0.3) is 12.2 Å². The fraction of sp³-hybridized carbons (Fsp3) is 0.389. The number of hydrogen-bond acceptors (Lipinski definition) is 24. The Morgan fingerprint density at radius 3 is 1.01 bits per heavy atom. The first-order chi connectivity index (χ1) is 61.9. The minimum Gasteiger partial charge on any atom is -0.508 e. The SMILES string of the molecule is CC(=O)/C=C\C(=O)C(C)C.CC(=O)CC(C)CC(=O)C(C)C.CC(=O)Oc1cc(/C=C/C(=O)C(C)C)ccc1C.CC(=O)Oc1cc(C(=O)C(C)C)cc(OC(C)=O)c1C.CC(=O)c1ccc(C(=O)C(C)C)c(C(=O)O)c1.CC(=O)c1ccc(C(=O)O)c(C(=O)C(C)C)c1.CC(C)C(=O)c1ccccc1.Cc1c(O)cc(C(=O)C(C)C)cc1O.Cc1ccc(/C=C/C(=O)C(C)C)cc1O. The first-order valence-electron chi connectivity index (χ1n) is 43.8. The first kappa shape index (κ1) is 122. The lowest BCUT2D eigenvalue weighted by atomic mass is 9.94. The zero-order valence-electron chi connectivity index (χ0n) is 83.1. The molecule has 0 radical (unpaired) electrons. The highest BCUT2D eigenvalue weighted by Crippen LogP contribution is 2.33. The van der Waals surface area contributed by atoms with Crippen LogP contribution < -0.4 is 14.2 Å². The molecule has 5 N–H and O–H groups in total. The number of aryl methyl sites for hydroxylation is 2. The number of benzene rings is 7. The second kappa shape index (κ2) is 61.0. The maximum atomic E-state index is 12.1. The summed E-state index contributed by atoms with van der Waals surface area (Å²) in [5, 5.41) is 46.3. The summed E-state index contributed by atoms with van der Waals surface area (Å²) >= 11 is 0. The summed E-state index contributed by atoms with van der Waals surface area (Å²) in [4.78, 5) is 202. The molecule has 0 aliphatic rings. The number of aromatic hydroxyl groups is 3. The van der Waals surface area contributed by atoms with Gasteiger partial charge in [-0.25, -0.2) is 9.59 Å². The zero-order valence-corrected chi connectivity index (χ0v) is 83.1. The molecule has 0 spiro atoms. The largest absolute Gasteiger partial charge is 0.508 e. The predicted octanol–water partition coefficient (Wildman–Crippen LogP) is 22.0. The van der Waals surface area contributed by atoms with Crippen LogP contribution in [0, 0.1) is 86.9 Å². The van der Waals surface area contributed by atoms with Crippen LogP contribution in [0.5, 0.6) is 34.5 Å². The van der Waals surface area contributed by atoms with E-state index in [1.54, 1.807) is 126 Å². The lowest BCUT2D eigenvalue weighted by Crippen LogP contribution is -2.14. The van der Waals surface area contributed by atoms with Gasteiger partial charge in [0.05, 0.1) is 11.1 Å². The van der Waals surface area contributed by atoms with Gasteiger partial charge in [-0.15, -0.1) is 0 Å². The summed E-state index contributed by atoms with van der Waals surface area (Å²) in [5.41, 5.74) is 6.50. The van der Waals surface area contributed by atoms with Crippen LogP contribution in [0.15, 0.2) is 152 Å². The molecule has 724 valence electrons. The van der Waals surface area contributed by atoms with Crippen molar-refractivity contribution in [2.45, 2.75) is 221 Å². The predicted molar refractivity (Wildman–Crippen MR) is 519 cm³/mol. The molecule has 0 bridgehead atoms. The summed E-state index contributed by atoms with van der Waals surface area (Å²) in [6.07, 6.45) is 10.2. The number of esters is 3. The lowest BCUT2D eigenvalue weighted by molar-refractivity contribution is -0.133. The second-order valence-corrected chi connectivity index (χ2v) is 34.4. The van der Waals surface area contributed by atoms with Gasteiger partial charge >= 0.3 is 29.8 Å². The summed E-state index contributed by atoms with van der Waals surface area (Å²) in [6, 6.07) is 34.2. The van der Waals surface area contributed by atoms with Crippen LogP contribution in [-0.4, -0.2) is 131 Å². The van der Waals surface area contributed by atoms with Gasteiger partial charge in [-0.05, 0) is 169 Å². The van der Waals surface area contributed by atoms with E-state index in [9.17, 15) is 102 Å². The van der Waals surface area contributed by atoms with Crippen LogP contribution in [-0.2, 0) is 43.2 Å². The van der Waals surface area contributed by atoms with Crippen LogP contribution in [0.2, 0.25) is 0 Å². The number of carbonyl (C=O) groups is 18. The number of ether oxygens (including phenoxy) is 3. The maximum absolute atomic E-state index is 12.1. The molecule has 1 unspecified atom stereocenters. The van der Waals surface area contributed by atoms with Gasteiger partial charge in [0.1, 0.15) is 46.1 Å². The smallest absolute Gasteiger partial charge is 0.336 e. The van der Waals surface area contributed by atoms with Gasteiger partial charge in [-0.3, -0.25) is 71.9 Å². The lowest BCUT2D eigenvalue weighted by Gasteiger charge is -2.13. The third kappa shape index (κ3) is 47.3. The van der Waals surface area contributed by atoms with Gasteiger partial charge in [0.25, 0.3) is 0 Å². The number of aromatic carboxylic acids is 2. The van der Waals surface area contributed by atoms with Gasteiger partial charge in [-0.2, -0.15) is 0 Å². The molecule has 0 aliphatic carbocycles. The Kier molecular flexibility index (Phi) is 55.7. The van der Waals surface area contributed by atoms with Crippen molar-refractivity contribution in [2.24, 2.45) is 59.2 Å². The molecule has 7 aromatic carbocycles. The van der Waals surface area contributed by atoms with Crippen molar-refractivity contribution >= 4 is 117 Å². The van der Waals surface area contributed by atoms with E-state index >= 15 is 0 Å². The number of Topliss-reactive ketones (excluding diaryl/α,β-unsaturated/α-hetero) is 9. The van der Waals surface area contributed by atoms with Gasteiger partial charge in [0.15, 0.2) is 63.6 Å². The number of rotatable bonds is 31. The normalized spacial score (nSPS) is 10.8. The Morgan fingerprint density at radius 1 is 0.299 bits per heavy atom. The molecule has 0 aliphatic heterocycles. The molecule has 0 aromatic heterocycles. The number of allylic oxidation sites excluding steroid dienone is 4. The average molecular weight is 1850 g/mol. The quantitative estimate of drug-likeness (QED) is 0.0117. The molecule has 1 atom stereocenters. The molecule has 0 amide bonds. The van der Waals surface area contributed by atoms with Gasteiger partial charge < -0.3 is 44.5 Å². The van der Waals surface area contributed by atoms with Crippen molar-refractivity contribution in [1.82, 2.24) is 0 Å². The number of phenols is 3. The molecular formula is C108H136O26. The Labute approximate surface area is 788 Å². The van der Waals surface area contributed by atoms with E-state index in [4.69, 9.17) is 24.4 Å². The maximum Gasteiger partial charge on any atom is 0.336 e. The molecule has 0 saturated heterocycles. The Morgan fingerprint density at radius 2 is 0.657 bits per heavy atom. The molecule has 26 nitrogen and oxygen atoms in total. The Bertz CT molecular complexity index is 5340. The van der Waals surface area contributed by atoms with Gasteiger partial charge in [0.2, 0.25) is 0 Å². The molecule has 7 rings (SSSR count). The Balaban J connectivity index is 0. The van der Waals surface area contributed by atoms with Crippen molar-refractivity contribution in [3.63, 3.8) is 0 Å². The van der Waals surface area contributed by atoms with Crippen molar-refractivity contribution in [3.05, 3.63) is 235 Å². The minimum atomic E-state index is -1.20. The molecule has 0 fully saturated rings. The van der Waals surface area contributed by atoms with E-state index < -0.39 is 23.9 Å². The number of carboxylic acid groups (broad SMARTS) is 2. The summed E-state index contributed by atoms with van der Waals surface area (Å²) in [7, 11) is 0. The Hall–Kier alpha value is -13.8. The van der Waals surface area contributed by atoms with Crippen molar-refractivity contribution in [3.8, 4) is 34.5 Å². The van der Waals surface area contributed by atoms with E-state index in [0.29, 0.717) is 52.0 Å². The molecule has 26 heteroatoms. The van der Waals surface area contributed by atoms with Crippen LogP contribution in [0.1, 0.15) is 319 Å². The first-order valence-corrected chi connectivity index (χ1v) is 43.8. The molecular weight excluding hydrogens is 1710 g/mol. The second-order valence-electron chi connectivity index (χ2n) is 34.4. The molecule has 7 aromatic rings. The number of carbonyl (C=O) groups excluding carboxylic acids is 16. The van der Waals surface area contributed by atoms with E-state index in [1.165, 1.54) is 114 Å². The van der Waals surface area contributed by atoms with Crippen LogP contribution >= 0.6 is 0 Å². The third-order valence-corrected chi connectivity index (χ3v) is 18.9. The number of carboxylic acids is 2. The van der Waals surface area contributed by atoms with Crippen LogP contribution in [0.4, 0.5) is 0 Å². The number of ketones is 13. The fourth-order valence-corrected chi connectivity index (χ4v) is 10.7. The van der Waals surface area contributed by atoms with Crippen molar-refractivity contribution in [2.75, 3.05) is 0 Å². The van der Waals surface area contributed by atoms with E-state index in [-0.39, 0.29) is 191 Å². The molecule has 0 heterocycles. The highest BCUT2D eigenvalue weighted by Gasteiger charge is 2.24. The highest BCUT2D eigenvalue weighted by molar-refractivity contribution is 6.10. The standard InChI is InChI=1S/C15H18O5.C15H18O3.2C13H14O4.C13H16O2.C11H14O3.C10H18O2.C10H12O.C8H12O2/c1-8(2)15(18)12-6-13(19-10(4)16)9(3)14(7-12)20-11(5)17;1-10(2)14(17)8-7-13-6-5-11(3)15(9-13)18-12(4)16;1-7(2)12(15)11-6-9(8(3)14)4-5-10(11)13(16)17;1-7(2)12(15)10-5-4-9(8(3)14)6-11(10)13(16)17;1-9(2)12(14)7-6-11-5-4-10(3)13(15)8-11;1-6(2)11(14)8-4-9(12)7(3)10(13)5-8;1-7(2)10(12)6-8(3)5-9(4)11;1-8(2)10(11)9-6-4-3-5-7-9;1-6(2)8(10)5-4-7(3)9/h6-8H,1-5H3;5-10H,1-4H3;2*4-7H,1-3H3,(H,16,17);4-9,15H,1-3H3;4-6,12-13H,1-3H3;7-8H,5-6H2,1-4H3;3-8H,1-2H3;4-6H,1-3H3/b;8-7+;;;7-6+;;;;5-4-. The van der Waals surface area contributed by atoms with Gasteiger partial charge in [-0.1, -0.05) is 210 Å².